The molecule has 0 aromatic heterocycles. The van der Waals surface area contributed by atoms with Crippen molar-refractivity contribution in [2.45, 2.75) is 33.7 Å². The normalized spacial score (nSPS) is 12.2. The second kappa shape index (κ2) is 9.49. The van der Waals surface area contributed by atoms with Crippen LogP contribution in [-0.2, 0) is 19.6 Å². The van der Waals surface area contributed by atoms with Crippen molar-refractivity contribution < 1.29 is 22.7 Å². The molecule has 0 saturated carbocycles. The standard InChI is InChI=1S/C21H25ClN2O5S/c1-6-29-21(26)16-8-10-19(18(22)12-16)23-20(25)15(4)24(30(5,27)28)17-9-7-13(2)14(3)11-17/h7-12,15H,6H2,1-5H3,(H,23,25)/t15-/m1/s1. The maximum Gasteiger partial charge on any atom is 0.338 e. The summed E-state index contributed by atoms with van der Waals surface area (Å²) in [5, 5.41) is 2.76. The van der Waals surface area contributed by atoms with Crippen LogP contribution in [0.15, 0.2) is 36.4 Å². The molecule has 1 amide bonds. The number of aryl methyl sites for hydroxylation is 2. The van der Waals surface area contributed by atoms with Gasteiger partial charge in [-0.1, -0.05) is 17.7 Å². The third kappa shape index (κ3) is 5.52. The summed E-state index contributed by atoms with van der Waals surface area (Å²) in [7, 11) is -3.74. The Morgan fingerprint density at radius 3 is 2.33 bits per heavy atom. The highest BCUT2D eigenvalue weighted by molar-refractivity contribution is 7.92. The first kappa shape index (κ1) is 23.7. The van der Waals surface area contributed by atoms with Gasteiger partial charge in [-0.05, 0) is 69.2 Å². The quantitative estimate of drug-likeness (QED) is 0.642. The summed E-state index contributed by atoms with van der Waals surface area (Å²) in [6.07, 6.45) is 1.05. The Bertz CT molecular complexity index is 1070. The Balaban J connectivity index is 2.30. The minimum absolute atomic E-state index is 0.137. The van der Waals surface area contributed by atoms with E-state index < -0.39 is 27.9 Å². The van der Waals surface area contributed by atoms with Gasteiger partial charge in [-0.3, -0.25) is 9.10 Å². The van der Waals surface area contributed by atoms with Crippen LogP contribution in [0.25, 0.3) is 0 Å². The Morgan fingerprint density at radius 1 is 1.13 bits per heavy atom. The molecule has 0 aliphatic rings. The van der Waals surface area contributed by atoms with Crippen LogP contribution in [0.1, 0.15) is 35.3 Å². The zero-order valence-corrected chi connectivity index (χ0v) is 19.1. The van der Waals surface area contributed by atoms with E-state index in [1.165, 1.54) is 25.1 Å². The van der Waals surface area contributed by atoms with Crippen molar-refractivity contribution in [1.82, 2.24) is 0 Å². The summed E-state index contributed by atoms with van der Waals surface area (Å²) >= 11 is 6.19. The van der Waals surface area contributed by atoms with Crippen LogP contribution < -0.4 is 9.62 Å². The fourth-order valence-electron chi connectivity index (χ4n) is 2.87. The Kier molecular flexibility index (Phi) is 7.49. The van der Waals surface area contributed by atoms with Crippen LogP contribution in [0.2, 0.25) is 5.02 Å². The molecule has 7 nitrogen and oxygen atoms in total. The van der Waals surface area contributed by atoms with Gasteiger partial charge in [0.15, 0.2) is 0 Å². The summed E-state index contributed by atoms with van der Waals surface area (Å²) in [5.41, 5.74) is 2.83. The average Bonchev–Trinajstić information content (AvgIpc) is 2.65. The highest BCUT2D eigenvalue weighted by Gasteiger charge is 2.29. The van der Waals surface area contributed by atoms with Crippen molar-refractivity contribution in [3.8, 4) is 0 Å². The monoisotopic (exact) mass is 452 g/mol. The number of nitrogens with zero attached hydrogens (tertiary/aromatic N) is 1. The van der Waals surface area contributed by atoms with E-state index in [1.54, 1.807) is 25.1 Å². The van der Waals surface area contributed by atoms with Gasteiger partial charge in [0.25, 0.3) is 0 Å². The number of sulfonamides is 1. The van der Waals surface area contributed by atoms with Gasteiger partial charge in [-0.15, -0.1) is 0 Å². The maximum atomic E-state index is 12.8. The van der Waals surface area contributed by atoms with Gasteiger partial charge < -0.3 is 10.1 Å². The molecule has 30 heavy (non-hydrogen) atoms. The van der Waals surface area contributed by atoms with E-state index in [0.717, 1.165) is 21.7 Å². The van der Waals surface area contributed by atoms with Crippen LogP contribution in [0.5, 0.6) is 0 Å². The molecule has 0 saturated heterocycles. The molecule has 2 aromatic rings. The Morgan fingerprint density at radius 2 is 1.80 bits per heavy atom. The molecule has 2 aromatic carbocycles. The molecule has 1 N–H and O–H groups in total. The fraction of sp³-hybridized carbons (Fsp3) is 0.333. The summed E-state index contributed by atoms with van der Waals surface area (Å²) in [6.45, 7) is 7.20. The number of carbonyl (C=O) groups is 2. The summed E-state index contributed by atoms with van der Waals surface area (Å²) < 4.78 is 30.9. The summed E-state index contributed by atoms with van der Waals surface area (Å²) in [6, 6.07) is 8.48. The lowest BCUT2D eigenvalue weighted by molar-refractivity contribution is -0.116. The molecule has 0 aliphatic carbocycles. The predicted octanol–water partition coefficient (Wildman–Crippen LogP) is 3.93. The van der Waals surface area contributed by atoms with Gasteiger partial charge in [-0.2, -0.15) is 0 Å². The number of ether oxygens (including phenoxy) is 1. The van der Waals surface area contributed by atoms with Crippen molar-refractivity contribution in [3.05, 3.63) is 58.1 Å². The minimum Gasteiger partial charge on any atom is -0.462 e. The molecule has 0 radical (unpaired) electrons. The van der Waals surface area contributed by atoms with Crippen LogP contribution in [-0.4, -0.2) is 39.2 Å². The largest absolute Gasteiger partial charge is 0.462 e. The van der Waals surface area contributed by atoms with Crippen molar-refractivity contribution in [2.24, 2.45) is 0 Å². The SMILES string of the molecule is CCOC(=O)c1ccc(NC(=O)[C@@H](C)N(c2ccc(C)c(C)c2)S(C)(=O)=O)c(Cl)c1. The average molecular weight is 453 g/mol. The van der Waals surface area contributed by atoms with Crippen molar-refractivity contribution in [1.29, 1.82) is 0 Å². The van der Waals surface area contributed by atoms with Crippen molar-refractivity contribution in [3.63, 3.8) is 0 Å². The van der Waals surface area contributed by atoms with E-state index >= 15 is 0 Å². The van der Waals surface area contributed by atoms with Gasteiger partial charge in [0.05, 0.1) is 34.8 Å². The highest BCUT2D eigenvalue weighted by Crippen LogP contribution is 2.27. The molecule has 0 fully saturated rings. The smallest absolute Gasteiger partial charge is 0.338 e. The first-order chi connectivity index (χ1) is 14.0. The highest BCUT2D eigenvalue weighted by atomic mass is 35.5. The molecular formula is C21H25ClN2O5S. The zero-order chi connectivity index (χ0) is 22.6. The predicted molar refractivity (Wildman–Crippen MR) is 119 cm³/mol. The third-order valence-corrected chi connectivity index (χ3v) is 6.13. The number of carbonyl (C=O) groups excluding carboxylic acids is 2. The molecule has 0 spiro atoms. The second-order valence-electron chi connectivity index (χ2n) is 6.91. The van der Waals surface area contributed by atoms with Gasteiger partial charge in [0.2, 0.25) is 15.9 Å². The van der Waals surface area contributed by atoms with Crippen LogP contribution in [0.3, 0.4) is 0 Å². The number of halogens is 1. The van der Waals surface area contributed by atoms with Crippen LogP contribution in [0, 0.1) is 13.8 Å². The minimum atomic E-state index is -3.74. The van der Waals surface area contributed by atoms with Crippen LogP contribution in [0.4, 0.5) is 11.4 Å². The van der Waals surface area contributed by atoms with Crippen LogP contribution >= 0.6 is 11.6 Å². The first-order valence-corrected chi connectivity index (χ1v) is 11.5. The molecule has 162 valence electrons. The van der Waals surface area contributed by atoms with Gasteiger partial charge in [0, 0.05) is 0 Å². The molecule has 0 unspecified atom stereocenters. The number of hydrogen-bond donors (Lipinski definition) is 1. The van der Waals surface area contributed by atoms with E-state index in [9.17, 15) is 18.0 Å². The Hall–Kier alpha value is -2.58. The van der Waals surface area contributed by atoms with E-state index in [0.29, 0.717) is 5.69 Å². The first-order valence-electron chi connectivity index (χ1n) is 9.30. The maximum absolute atomic E-state index is 12.8. The topological polar surface area (TPSA) is 92.8 Å². The number of anilines is 2. The number of rotatable bonds is 7. The lowest BCUT2D eigenvalue weighted by atomic mass is 10.1. The van der Waals surface area contributed by atoms with E-state index in [1.807, 2.05) is 13.8 Å². The second-order valence-corrected chi connectivity index (χ2v) is 9.17. The van der Waals surface area contributed by atoms with E-state index in [4.69, 9.17) is 16.3 Å². The lowest BCUT2D eigenvalue weighted by Crippen LogP contribution is -2.45. The zero-order valence-electron chi connectivity index (χ0n) is 17.5. The van der Waals surface area contributed by atoms with E-state index in [2.05, 4.69) is 5.32 Å². The number of hydrogen-bond acceptors (Lipinski definition) is 5. The van der Waals surface area contributed by atoms with Gasteiger partial charge >= 0.3 is 5.97 Å². The molecule has 0 aliphatic heterocycles. The third-order valence-electron chi connectivity index (χ3n) is 4.57. The fourth-order valence-corrected chi connectivity index (χ4v) is 4.26. The summed E-state index contributed by atoms with van der Waals surface area (Å²) in [5.74, 6) is -1.09. The lowest BCUT2D eigenvalue weighted by Gasteiger charge is -2.28. The van der Waals surface area contributed by atoms with Crippen molar-refractivity contribution in [2.75, 3.05) is 22.5 Å². The molecule has 2 rings (SSSR count). The van der Waals surface area contributed by atoms with Gasteiger partial charge in [-0.25, -0.2) is 13.2 Å². The molecule has 1 atom stereocenters. The number of benzene rings is 2. The van der Waals surface area contributed by atoms with E-state index in [-0.39, 0.29) is 22.9 Å². The Labute approximate surface area is 182 Å². The number of esters is 1. The number of nitrogens with one attached hydrogen (secondary N) is 1. The van der Waals surface area contributed by atoms with Gasteiger partial charge in [0.1, 0.15) is 6.04 Å². The van der Waals surface area contributed by atoms with Crippen molar-refractivity contribution >= 4 is 44.9 Å². The number of amides is 1. The molecule has 0 heterocycles. The molecule has 9 heteroatoms. The summed E-state index contributed by atoms with van der Waals surface area (Å²) in [4.78, 5) is 24.6. The molecular weight excluding hydrogens is 428 g/mol. The molecule has 0 bridgehead atoms.